The number of anilines is 1. The van der Waals surface area contributed by atoms with Gasteiger partial charge in [0, 0.05) is 18.0 Å². The van der Waals surface area contributed by atoms with E-state index in [9.17, 15) is 9.59 Å². The van der Waals surface area contributed by atoms with Crippen molar-refractivity contribution < 1.29 is 14.3 Å². The Bertz CT molecular complexity index is 742. The Kier molecular flexibility index (Phi) is 4.46. The molecule has 1 heterocycles. The summed E-state index contributed by atoms with van der Waals surface area (Å²) >= 11 is 0. The second kappa shape index (κ2) is 6.70. The minimum absolute atomic E-state index is 0.256. The van der Waals surface area contributed by atoms with Crippen LogP contribution < -0.4 is 15.4 Å². The van der Waals surface area contributed by atoms with Crippen molar-refractivity contribution in [3.05, 3.63) is 54.4 Å². The molecule has 6 nitrogen and oxygen atoms in total. The first-order valence-electron chi connectivity index (χ1n) is 7.78. The Morgan fingerprint density at radius 1 is 1.17 bits per heavy atom. The molecule has 1 aromatic carbocycles. The number of nitrogens with zero attached hydrogens (tertiary/aromatic N) is 1. The first-order valence-corrected chi connectivity index (χ1v) is 7.78. The van der Waals surface area contributed by atoms with Gasteiger partial charge in [0.15, 0.2) is 0 Å². The van der Waals surface area contributed by atoms with E-state index in [1.807, 2.05) is 18.2 Å². The van der Waals surface area contributed by atoms with E-state index in [4.69, 9.17) is 4.74 Å². The highest BCUT2D eigenvalue weighted by molar-refractivity contribution is 6.13. The smallest absolute Gasteiger partial charge is 0.240 e. The van der Waals surface area contributed by atoms with Crippen molar-refractivity contribution in [3.8, 4) is 5.75 Å². The lowest BCUT2D eigenvalue weighted by Gasteiger charge is -2.15. The van der Waals surface area contributed by atoms with E-state index in [0.717, 1.165) is 5.69 Å². The SMILES string of the molecule is COc1cccc(NC(=O)C2(C(=O)NCc3ccccn3)CC2)c1. The second-order valence-corrected chi connectivity index (χ2v) is 5.77. The third-order valence-electron chi connectivity index (χ3n) is 4.10. The van der Waals surface area contributed by atoms with Crippen LogP contribution in [0.4, 0.5) is 5.69 Å². The number of ether oxygens (including phenoxy) is 1. The van der Waals surface area contributed by atoms with Crippen LogP contribution in [0, 0.1) is 5.41 Å². The Morgan fingerprint density at radius 2 is 2.00 bits per heavy atom. The van der Waals surface area contributed by atoms with Crippen molar-refractivity contribution in [1.82, 2.24) is 10.3 Å². The third-order valence-corrected chi connectivity index (χ3v) is 4.10. The summed E-state index contributed by atoms with van der Waals surface area (Å²) in [6, 6.07) is 12.6. The number of amides is 2. The van der Waals surface area contributed by atoms with Crippen LogP contribution in [0.1, 0.15) is 18.5 Å². The summed E-state index contributed by atoms with van der Waals surface area (Å²) in [5.74, 6) is 0.111. The molecule has 0 spiro atoms. The van der Waals surface area contributed by atoms with Crippen LogP contribution in [-0.2, 0) is 16.1 Å². The van der Waals surface area contributed by atoms with E-state index in [0.29, 0.717) is 30.8 Å². The first-order chi connectivity index (χ1) is 11.6. The Labute approximate surface area is 140 Å². The number of pyridine rings is 1. The lowest BCUT2D eigenvalue weighted by atomic mass is 10.0. The zero-order chi connectivity index (χ0) is 17.0. The van der Waals surface area contributed by atoms with Gasteiger partial charge in [-0.1, -0.05) is 12.1 Å². The van der Waals surface area contributed by atoms with Gasteiger partial charge in [0.25, 0.3) is 0 Å². The highest BCUT2D eigenvalue weighted by atomic mass is 16.5. The maximum absolute atomic E-state index is 12.5. The fourth-order valence-electron chi connectivity index (χ4n) is 2.48. The van der Waals surface area contributed by atoms with Gasteiger partial charge in [-0.3, -0.25) is 14.6 Å². The Hall–Kier alpha value is -2.89. The Balaban J connectivity index is 1.62. The molecule has 1 saturated carbocycles. The summed E-state index contributed by atoms with van der Waals surface area (Å²) in [7, 11) is 1.56. The molecule has 1 aliphatic rings. The number of methoxy groups -OCH3 is 1. The predicted octanol–water partition coefficient (Wildman–Crippen LogP) is 2.13. The molecule has 1 fully saturated rings. The monoisotopic (exact) mass is 325 g/mol. The lowest BCUT2D eigenvalue weighted by Crippen LogP contribution is -2.39. The van der Waals surface area contributed by atoms with E-state index < -0.39 is 5.41 Å². The quantitative estimate of drug-likeness (QED) is 0.797. The van der Waals surface area contributed by atoms with E-state index in [1.54, 1.807) is 37.6 Å². The molecule has 2 amide bonds. The molecule has 2 N–H and O–H groups in total. The van der Waals surface area contributed by atoms with Crippen LogP contribution in [0.2, 0.25) is 0 Å². The van der Waals surface area contributed by atoms with Crippen molar-refractivity contribution in [3.63, 3.8) is 0 Å². The summed E-state index contributed by atoms with van der Waals surface area (Å²) in [5.41, 5.74) is 0.399. The maximum atomic E-state index is 12.5. The third kappa shape index (κ3) is 3.37. The molecule has 0 saturated heterocycles. The van der Waals surface area contributed by atoms with Crippen molar-refractivity contribution in [2.75, 3.05) is 12.4 Å². The zero-order valence-electron chi connectivity index (χ0n) is 13.4. The molecular weight excluding hydrogens is 306 g/mol. The van der Waals surface area contributed by atoms with Gasteiger partial charge >= 0.3 is 0 Å². The summed E-state index contributed by atoms with van der Waals surface area (Å²) < 4.78 is 5.14. The van der Waals surface area contributed by atoms with Crippen LogP contribution in [-0.4, -0.2) is 23.9 Å². The summed E-state index contributed by atoms with van der Waals surface area (Å²) in [6.07, 6.45) is 2.78. The number of carbonyl (C=O) groups is 2. The molecule has 0 unspecified atom stereocenters. The zero-order valence-corrected chi connectivity index (χ0v) is 13.4. The molecule has 24 heavy (non-hydrogen) atoms. The van der Waals surface area contributed by atoms with E-state index >= 15 is 0 Å². The number of carbonyl (C=O) groups excluding carboxylic acids is 2. The van der Waals surface area contributed by atoms with Crippen molar-refractivity contribution >= 4 is 17.5 Å². The van der Waals surface area contributed by atoms with Crippen LogP contribution in [0.3, 0.4) is 0 Å². The van der Waals surface area contributed by atoms with Gasteiger partial charge < -0.3 is 15.4 Å². The molecule has 124 valence electrons. The average Bonchev–Trinajstić information content (AvgIpc) is 3.43. The van der Waals surface area contributed by atoms with E-state index in [-0.39, 0.29) is 11.8 Å². The van der Waals surface area contributed by atoms with Crippen LogP contribution in [0.25, 0.3) is 0 Å². The summed E-state index contributed by atoms with van der Waals surface area (Å²) in [5, 5.41) is 5.61. The molecule has 0 aliphatic heterocycles. The molecule has 1 aromatic heterocycles. The second-order valence-electron chi connectivity index (χ2n) is 5.77. The van der Waals surface area contributed by atoms with Gasteiger partial charge in [-0.2, -0.15) is 0 Å². The Morgan fingerprint density at radius 3 is 2.67 bits per heavy atom. The number of rotatable bonds is 6. The number of benzene rings is 1. The van der Waals surface area contributed by atoms with Gasteiger partial charge in [0.05, 0.1) is 19.3 Å². The molecule has 0 atom stereocenters. The van der Waals surface area contributed by atoms with Crippen LogP contribution in [0.15, 0.2) is 48.7 Å². The first kappa shape index (κ1) is 16.0. The molecule has 1 aliphatic carbocycles. The van der Waals surface area contributed by atoms with Crippen molar-refractivity contribution in [2.24, 2.45) is 5.41 Å². The minimum atomic E-state index is -0.974. The highest BCUT2D eigenvalue weighted by Gasteiger charge is 2.56. The number of hydrogen-bond donors (Lipinski definition) is 2. The number of nitrogens with one attached hydrogen (secondary N) is 2. The fraction of sp³-hybridized carbons (Fsp3) is 0.278. The largest absolute Gasteiger partial charge is 0.497 e. The fourth-order valence-corrected chi connectivity index (χ4v) is 2.48. The van der Waals surface area contributed by atoms with Crippen molar-refractivity contribution in [2.45, 2.75) is 19.4 Å². The molecule has 0 radical (unpaired) electrons. The van der Waals surface area contributed by atoms with E-state index in [1.165, 1.54) is 0 Å². The van der Waals surface area contributed by atoms with E-state index in [2.05, 4.69) is 15.6 Å². The van der Waals surface area contributed by atoms with Crippen LogP contribution in [0.5, 0.6) is 5.75 Å². The molecular formula is C18H19N3O3. The number of hydrogen-bond acceptors (Lipinski definition) is 4. The minimum Gasteiger partial charge on any atom is -0.497 e. The van der Waals surface area contributed by atoms with Gasteiger partial charge in [-0.15, -0.1) is 0 Å². The van der Waals surface area contributed by atoms with Gasteiger partial charge in [-0.25, -0.2) is 0 Å². The summed E-state index contributed by atoms with van der Waals surface area (Å²) in [4.78, 5) is 29.1. The predicted molar refractivity (Wildman–Crippen MR) is 89.4 cm³/mol. The standard InChI is InChI=1S/C18H19N3O3/c1-24-15-7-4-6-13(11-15)21-17(23)18(8-9-18)16(22)20-12-14-5-2-3-10-19-14/h2-7,10-11H,8-9,12H2,1H3,(H,20,22)(H,21,23). The highest BCUT2D eigenvalue weighted by Crippen LogP contribution is 2.47. The van der Waals surface area contributed by atoms with Gasteiger partial charge in [-0.05, 0) is 37.1 Å². The normalized spacial score (nSPS) is 14.5. The summed E-state index contributed by atoms with van der Waals surface area (Å²) in [6.45, 7) is 0.313. The van der Waals surface area contributed by atoms with Crippen molar-refractivity contribution in [1.29, 1.82) is 0 Å². The lowest BCUT2D eigenvalue weighted by molar-refractivity contribution is -0.134. The molecule has 3 rings (SSSR count). The molecule has 6 heteroatoms. The molecule has 0 bridgehead atoms. The maximum Gasteiger partial charge on any atom is 0.240 e. The number of aromatic nitrogens is 1. The van der Waals surface area contributed by atoms with Gasteiger partial charge in [0.1, 0.15) is 11.2 Å². The topological polar surface area (TPSA) is 80.3 Å². The molecule has 2 aromatic rings. The average molecular weight is 325 g/mol. The van der Waals surface area contributed by atoms with Gasteiger partial charge in [0.2, 0.25) is 11.8 Å². The van der Waals surface area contributed by atoms with Crippen LogP contribution >= 0.6 is 0 Å².